The van der Waals surface area contributed by atoms with Crippen LogP contribution in [0.25, 0.3) is 0 Å². The maximum Gasteiger partial charge on any atom is 0.305 e. The summed E-state index contributed by atoms with van der Waals surface area (Å²) in [5, 5.41) is 0. The zero-order valence-electron chi connectivity index (χ0n) is 15.2. The maximum atomic E-state index is 11.0. The van der Waals surface area contributed by atoms with Gasteiger partial charge < -0.3 is 9.47 Å². The first-order valence-electron chi connectivity index (χ1n) is 9.15. The lowest BCUT2D eigenvalue weighted by Crippen LogP contribution is -2.01. The first-order chi connectivity index (χ1) is 11.8. The number of allylic oxidation sites excluding steroid dienone is 7. The van der Waals surface area contributed by atoms with Crippen LogP contribution < -0.4 is 0 Å². The molecule has 1 fully saturated rings. The lowest BCUT2D eigenvalue weighted by atomic mass is 10.1. The molecule has 1 heterocycles. The van der Waals surface area contributed by atoms with Crippen LogP contribution in [-0.2, 0) is 14.3 Å². The monoisotopic (exact) mass is 332 g/mol. The molecule has 0 saturated carbocycles. The fraction of sp³-hybridized carbons (Fsp3) is 0.571. The van der Waals surface area contributed by atoms with Gasteiger partial charge >= 0.3 is 5.97 Å². The molecule has 0 unspecified atom stereocenters. The number of esters is 1. The molecule has 1 aliphatic rings. The third-order valence-electron chi connectivity index (χ3n) is 3.90. The van der Waals surface area contributed by atoms with Gasteiger partial charge in [-0.3, -0.25) is 4.79 Å². The molecular formula is C21H32O3. The van der Waals surface area contributed by atoms with E-state index in [2.05, 4.69) is 42.0 Å². The summed E-state index contributed by atoms with van der Waals surface area (Å²) in [5.74, 6) is -0.145. The van der Waals surface area contributed by atoms with E-state index in [1.807, 2.05) is 18.2 Å². The van der Waals surface area contributed by atoms with Crippen molar-refractivity contribution in [2.45, 2.75) is 70.5 Å². The molecule has 134 valence electrons. The van der Waals surface area contributed by atoms with E-state index in [0.717, 1.165) is 19.3 Å². The average molecular weight is 332 g/mol. The summed E-state index contributed by atoms with van der Waals surface area (Å²) >= 11 is 0. The smallest absolute Gasteiger partial charge is 0.305 e. The van der Waals surface area contributed by atoms with Gasteiger partial charge in [0.25, 0.3) is 0 Å². The van der Waals surface area contributed by atoms with Crippen LogP contribution in [0.4, 0.5) is 0 Å². The molecule has 0 spiro atoms. The summed E-state index contributed by atoms with van der Waals surface area (Å²) in [6.45, 7) is 2.23. The first-order valence-corrected chi connectivity index (χ1v) is 9.15. The van der Waals surface area contributed by atoms with Crippen molar-refractivity contribution in [3.8, 4) is 0 Å². The van der Waals surface area contributed by atoms with Gasteiger partial charge in [0, 0.05) is 6.42 Å². The Hall–Kier alpha value is -1.61. The quantitative estimate of drug-likeness (QED) is 0.151. The number of ether oxygens (including phenoxy) is 2. The third kappa shape index (κ3) is 11.0. The van der Waals surface area contributed by atoms with Crippen LogP contribution in [0.1, 0.15) is 58.3 Å². The predicted octanol–water partition coefficient (Wildman–Crippen LogP) is 5.29. The normalized spacial score (nSPS) is 20.8. The van der Waals surface area contributed by atoms with Gasteiger partial charge in [0.15, 0.2) is 0 Å². The Labute approximate surface area is 147 Å². The van der Waals surface area contributed by atoms with Crippen molar-refractivity contribution in [3.05, 3.63) is 48.6 Å². The van der Waals surface area contributed by atoms with Gasteiger partial charge in [-0.05, 0) is 32.1 Å². The Morgan fingerprint density at radius 2 is 1.88 bits per heavy atom. The number of unbranched alkanes of at least 4 members (excludes halogenated alkanes) is 3. The number of carbonyl (C=O) groups excluding carboxylic acids is 1. The molecule has 1 rings (SSSR count). The highest BCUT2D eigenvalue weighted by atomic mass is 16.6. The van der Waals surface area contributed by atoms with Crippen molar-refractivity contribution in [2.24, 2.45) is 0 Å². The van der Waals surface area contributed by atoms with Crippen molar-refractivity contribution in [2.75, 3.05) is 7.11 Å². The number of hydrogen-bond acceptors (Lipinski definition) is 3. The molecule has 0 aromatic rings. The third-order valence-corrected chi connectivity index (χ3v) is 3.90. The van der Waals surface area contributed by atoms with Crippen molar-refractivity contribution in [3.63, 3.8) is 0 Å². The van der Waals surface area contributed by atoms with Crippen LogP contribution in [0.15, 0.2) is 48.6 Å². The fourth-order valence-electron chi connectivity index (χ4n) is 2.37. The number of rotatable bonds is 13. The Balaban J connectivity index is 2.00. The van der Waals surface area contributed by atoms with E-state index in [1.165, 1.54) is 32.8 Å². The zero-order chi connectivity index (χ0) is 17.5. The van der Waals surface area contributed by atoms with Gasteiger partial charge in [-0.1, -0.05) is 68.4 Å². The number of hydrogen-bond donors (Lipinski definition) is 0. The molecule has 0 amide bonds. The van der Waals surface area contributed by atoms with Crippen LogP contribution in [0.2, 0.25) is 0 Å². The molecule has 1 aliphatic heterocycles. The lowest BCUT2D eigenvalue weighted by molar-refractivity contribution is -0.140. The molecule has 24 heavy (non-hydrogen) atoms. The molecule has 0 aromatic heterocycles. The fourth-order valence-corrected chi connectivity index (χ4v) is 2.37. The van der Waals surface area contributed by atoms with Crippen molar-refractivity contribution >= 4 is 5.97 Å². The number of epoxide rings is 1. The van der Waals surface area contributed by atoms with Crippen LogP contribution in [0, 0.1) is 0 Å². The number of methoxy groups -OCH3 is 1. The zero-order valence-corrected chi connectivity index (χ0v) is 15.2. The Morgan fingerprint density at radius 1 is 1.04 bits per heavy atom. The summed E-state index contributed by atoms with van der Waals surface area (Å²) in [6.07, 6.45) is 25.7. The van der Waals surface area contributed by atoms with E-state index in [4.69, 9.17) is 4.74 Å². The summed E-state index contributed by atoms with van der Waals surface area (Å²) in [6, 6.07) is 0. The number of carbonyl (C=O) groups is 1. The largest absolute Gasteiger partial charge is 0.469 e. The van der Waals surface area contributed by atoms with Gasteiger partial charge in [-0.25, -0.2) is 0 Å². The molecule has 0 radical (unpaired) electrons. The summed E-state index contributed by atoms with van der Waals surface area (Å²) in [5.41, 5.74) is 0. The van der Waals surface area contributed by atoms with Crippen LogP contribution >= 0.6 is 0 Å². The van der Waals surface area contributed by atoms with Gasteiger partial charge in [-0.2, -0.15) is 0 Å². The van der Waals surface area contributed by atoms with E-state index < -0.39 is 0 Å². The second-order valence-electron chi connectivity index (χ2n) is 6.01. The first kappa shape index (κ1) is 20.4. The molecule has 3 heteroatoms. The Kier molecular flexibility index (Phi) is 11.7. The van der Waals surface area contributed by atoms with Crippen LogP contribution in [0.3, 0.4) is 0 Å². The van der Waals surface area contributed by atoms with Crippen molar-refractivity contribution in [1.29, 1.82) is 0 Å². The van der Waals surface area contributed by atoms with Gasteiger partial charge in [0.05, 0.1) is 13.2 Å². The Morgan fingerprint density at radius 3 is 2.67 bits per heavy atom. The minimum Gasteiger partial charge on any atom is -0.469 e. The van der Waals surface area contributed by atoms with E-state index >= 15 is 0 Å². The highest BCUT2D eigenvalue weighted by molar-refractivity contribution is 5.68. The second kappa shape index (κ2) is 13.8. The van der Waals surface area contributed by atoms with Gasteiger partial charge in [0.1, 0.15) is 6.10 Å². The molecular weight excluding hydrogens is 300 g/mol. The van der Waals surface area contributed by atoms with E-state index in [9.17, 15) is 4.79 Å². The lowest BCUT2D eigenvalue weighted by Gasteiger charge is -1.96. The molecule has 0 aliphatic carbocycles. The van der Waals surface area contributed by atoms with E-state index in [1.54, 1.807) is 0 Å². The molecule has 0 bridgehead atoms. The van der Waals surface area contributed by atoms with E-state index in [-0.39, 0.29) is 18.2 Å². The molecule has 0 N–H and O–H groups in total. The molecule has 3 nitrogen and oxygen atoms in total. The molecule has 0 aromatic carbocycles. The average Bonchev–Trinajstić information content (AvgIpc) is 3.34. The highest BCUT2D eigenvalue weighted by Crippen LogP contribution is 2.28. The van der Waals surface area contributed by atoms with E-state index in [0.29, 0.717) is 6.42 Å². The SMILES string of the molecule is CCCCC/C=C\C/C=C/C=C/C=C\[C@@H]1O[C@H]1CCCC(=O)OC. The van der Waals surface area contributed by atoms with Crippen molar-refractivity contribution < 1.29 is 14.3 Å². The standard InChI is InChI=1S/C21H32O3/c1-3-4-5-6-7-8-9-10-11-12-13-14-16-19-20(24-19)17-15-18-21(22)23-2/h7-8,10-14,16,19-20H,3-6,9,15,17-18H2,1-2H3/b8-7-,11-10+,13-12+,16-14-/t19-,20-/m0/s1. The van der Waals surface area contributed by atoms with Crippen molar-refractivity contribution in [1.82, 2.24) is 0 Å². The van der Waals surface area contributed by atoms with Gasteiger partial charge in [-0.15, -0.1) is 0 Å². The predicted molar refractivity (Wildman–Crippen MR) is 99.8 cm³/mol. The minimum atomic E-state index is -0.145. The summed E-state index contributed by atoms with van der Waals surface area (Å²) in [4.78, 5) is 11.0. The Bertz CT molecular complexity index is 446. The molecule has 2 atom stereocenters. The topological polar surface area (TPSA) is 38.8 Å². The summed E-state index contributed by atoms with van der Waals surface area (Å²) in [7, 11) is 1.42. The van der Waals surface area contributed by atoms with Crippen LogP contribution in [0.5, 0.6) is 0 Å². The highest BCUT2D eigenvalue weighted by Gasteiger charge is 2.35. The minimum absolute atomic E-state index is 0.145. The van der Waals surface area contributed by atoms with Gasteiger partial charge in [0.2, 0.25) is 0 Å². The molecule has 1 saturated heterocycles. The van der Waals surface area contributed by atoms with Crippen LogP contribution in [-0.4, -0.2) is 25.3 Å². The maximum absolute atomic E-state index is 11.0. The second-order valence-corrected chi connectivity index (χ2v) is 6.01. The summed E-state index contributed by atoms with van der Waals surface area (Å²) < 4.78 is 10.1.